The molecule has 0 aliphatic rings. The Morgan fingerprint density at radius 2 is 1.73 bits per heavy atom. The van der Waals surface area contributed by atoms with Gasteiger partial charge in [0, 0.05) is 0 Å². The van der Waals surface area contributed by atoms with Crippen LogP contribution in [0.3, 0.4) is 0 Å². The molecule has 0 aromatic carbocycles. The van der Waals surface area contributed by atoms with Gasteiger partial charge in [0.1, 0.15) is 5.76 Å². The number of furan rings is 2. The molecule has 0 aliphatic carbocycles. The summed E-state index contributed by atoms with van der Waals surface area (Å²) in [6, 6.07) is 6.91. The molecular weight excluding hydrogens is 192 g/mol. The average Bonchev–Trinajstić information content (AvgIpc) is 2.91. The molecule has 0 atom stereocenters. The van der Waals surface area contributed by atoms with Crippen molar-refractivity contribution in [1.29, 1.82) is 5.41 Å². The zero-order valence-electron chi connectivity index (χ0n) is 7.94. The van der Waals surface area contributed by atoms with Gasteiger partial charge < -0.3 is 14.6 Å². The molecule has 0 aliphatic heterocycles. The Bertz CT molecular complexity index is 467. The van der Waals surface area contributed by atoms with Gasteiger partial charge in [-0.2, -0.15) is 0 Å². The van der Waals surface area contributed by atoms with Gasteiger partial charge in [-0.15, -0.1) is 0 Å². The fraction of sp³-hybridized carbons (Fsp3) is 0. The van der Waals surface area contributed by atoms with Gasteiger partial charge in [0.25, 0.3) is 0 Å². The minimum absolute atomic E-state index is 0.217. The van der Waals surface area contributed by atoms with E-state index in [0.717, 1.165) is 0 Å². The first kappa shape index (κ1) is 9.33. The van der Waals surface area contributed by atoms with Crippen molar-refractivity contribution in [3.63, 3.8) is 0 Å². The van der Waals surface area contributed by atoms with E-state index in [1.165, 1.54) is 18.6 Å². The lowest BCUT2D eigenvalue weighted by atomic mass is 10.2. The zero-order chi connectivity index (χ0) is 10.7. The maximum Gasteiger partial charge on any atom is 0.151 e. The predicted molar refractivity (Wildman–Crippen MR) is 56.4 cm³/mol. The average molecular weight is 202 g/mol. The third-order valence-electron chi connectivity index (χ3n) is 1.89. The summed E-state index contributed by atoms with van der Waals surface area (Å²) in [6.07, 6.45) is 4.55. The largest absolute Gasteiger partial charge is 0.463 e. The second kappa shape index (κ2) is 3.88. The van der Waals surface area contributed by atoms with E-state index in [4.69, 9.17) is 20.0 Å². The van der Waals surface area contributed by atoms with Crippen molar-refractivity contribution in [2.24, 2.45) is 5.73 Å². The Morgan fingerprint density at radius 1 is 1.13 bits per heavy atom. The van der Waals surface area contributed by atoms with Gasteiger partial charge in [0.15, 0.2) is 5.76 Å². The number of hydrogen-bond acceptors (Lipinski definition) is 4. The molecule has 3 N–H and O–H groups in total. The normalized spacial score (nSPS) is 11.6. The van der Waals surface area contributed by atoms with Crippen molar-refractivity contribution in [2.75, 3.05) is 0 Å². The summed E-state index contributed by atoms with van der Waals surface area (Å²) in [7, 11) is 0. The van der Waals surface area contributed by atoms with E-state index < -0.39 is 0 Å². The molecule has 0 radical (unpaired) electrons. The van der Waals surface area contributed by atoms with E-state index in [0.29, 0.717) is 17.2 Å². The summed E-state index contributed by atoms with van der Waals surface area (Å²) in [5, 5.41) is 7.69. The molecule has 15 heavy (non-hydrogen) atoms. The van der Waals surface area contributed by atoms with Crippen molar-refractivity contribution < 1.29 is 8.83 Å². The molecule has 4 nitrogen and oxygen atoms in total. The number of nitrogens with one attached hydrogen (secondary N) is 1. The molecule has 0 fully saturated rings. The predicted octanol–water partition coefficient (Wildman–Crippen LogP) is 2.24. The molecule has 2 aromatic rings. The minimum Gasteiger partial charge on any atom is -0.463 e. The van der Waals surface area contributed by atoms with E-state index >= 15 is 0 Å². The van der Waals surface area contributed by atoms with Crippen LogP contribution in [0.2, 0.25) is 0 Å². The van der Waals surface area contributed by atoms with Gasteiger partial charge in [-0.25, -0.2) is 0 Å². The van der Waals surface area contributed by atoms with Crippen LogP contribution in [0.4, 0.5) is 0 Å². The van der Waals surface area contributed by atoms with Crippen LogP contribution in [0, 0.1) is 5.41 Å². The second-order valence-electron chi connectivity index (χ2n) is 2.97. The quantitative estimate of drug-likeness (QED) is 0.749. The summed E-state index contributed by atoms with van der Waals surface area (Å²) in [5.41, 5.74) is 6.35. The third-order valence-corrected chi connectivity index (χ3v) is 1.89. The van der Waals surface area contributed by atoms with Crippen LogP contribution in [-0.4, -0.2) is 5.71 Å². The molecular formula is C11H10N2O2. The van der Waals surface area contributed by atoms with Gasteiger partial charge in [0.2, 0.25) is 0 Å². The molecule has 0 spiro atoms. The van der Waals surface area contributed by atoms with E-state index in [-0.39, 0.29) is 5.71 Å². The van der Waals surface area contributed by atoms with Gasteiger partial charge in [-0.3, -0.25) is 5.41 Å². The van der Waals surface area contributed by atoms with Crippen molar-refractivity contribution in [2.45, 2.75) is 0 Å². The molecule has 0 unspecified atom stereocenters. The van der Waals surface area contributed by atoms with Crippen LogP contribution < -0.4 is 5.73 Å². The van der Waals surface area contributed by atoms with Crippen LogP contribution in [0.1, 0.15) is 11.5 Å². The summed E-state index contributed by atoms with van der Waals surface area (Å²) in [6.45, 7) is 0. The highest BCUT2D eigenvalue weighted by molar-refractivity contribution is 6.07. The molecule has 0 amide bonds. The van der Waals surface area contributed by atoms with Crippen molar-refractivity contribution in [3.8, 4) is 0 Å². The first-order valence-electron chi connectivity index (χ1n) is 4.41. The highest BCUT2D eigenvalue weighted by Crippen LogP contribution is 2.11. The molecule has 0 saturated heterocycles. The van der Waals surface area contributed by atoms with E-state index in [9.17, 15) is 0 Å². The molecule has 0 bridgehead atoms. The fourth-order valence-electron chi connectivity index (χ4n) is 1.17. The maximum absolute atomic E-state index is 7.69. The SMILES string of the molecule is N=C(/C=C(\N)c1ccco1)c1ccco1. The van der Waals surface area contributed by atoms with Gasteiger partial charge in [-0.1, -0.05) is 0 Å². The number of rotatable bonds is 3. The van der Waals surface area contributed by atoms with E-state index in [2.05, 4.69) is 0 Å². The third kappa shape index (κ3) is 1.99. The standard InChI is InChI=1S/C11H10N2O2/c12-8(10-3-1-5-14-10)7-9(13)11-4-2-6-15-11/h1-7,12H,13H2/b9-7-,12-8?. The monoisotopic (exact) mass is 202 g/mol. The van der Waals surface area contributed by atoms with Gasteiger partial charge in [0.05, 0.1) is 23.9 Å². The summed E-state index contributed by atoms with van der Waals surface area (Å²) < 4.78 is 10.2. The molecule has 0 saturated carbocycles. The summed E-state index contributed by atoms with van der Waals surface area (Å²) in [4.78, 5) is 0. The molecule has 76 valence electrons. The summed E-state index contributed by atoms with van der Waals surface area (Å²) >= 11 is 0. The highest BCUT2D eigenvalue weighted by Gasteiger charge is 2.04. The topological polar surface area (TPSA) is 76.2 Å². The Balaban J connectivity index is 2.21. The van der Waals surface area contributed by atoms with Gasteiger partial charge >= 0.3 is 0 Å². The van der Waals surface area contributed by atoms with Gasteiger partial charge in [-0.05, 0) is 30.3 Å². The lowest BCUT2D eigenvalue weighted by Gasteiger charge is -1.96. The molecule has 2 rings (SSSR count). The first-order valence-corrected chi connectivity index (χ1v) is 4.41. The lowest BCUT2D eigenvalue weighted by molar-refractivity contribution is 0.551. The Labute approximate surface area is 86.5 Å². The minimum atomic E-state index is 0.217. The Morgan fingerprint density at radius 3 is 2.27 bits per heavy atom. The number of hydrogen-bond donors (Lipinski definition) is 2. The number of nitrogens with two attached hydrogens (primary N) is 1. The van der Waals surface area contributed by atoms with Crippen LogP contribution in [-0.2, 0) is 0 Å². The molecule has 2 heterocycles. The number of allylic oxidation sites excluding steroid dienone is 1. The van der Waals surface area contributed by atoms with E-state index in [1.807, 2.05) is 0 Å². The Kier molecular flexibility index (Phi) is 2.41. The lowest BCUT2D eigenvalue weighted by Crippen LogP contribution is -2.00. The maximum atomic E-state index is 7.69. The fourth-order valence-corrected chi connectivity index (χ4v) is 1.17. The summed E-state index contributed by atoms with van der Waals surface area (Å²) in [5.74, 6) is 1.02. The van der Waals surface area contributed by atoms with Crippen LogP contribution in [0.15, 0.2) is 51.7 Å². The second-order valence-corrected chi connectivity index (χ2v) is 2.97. The van der Waals surface area contributed by atoms with Crippen molar-refractivity contribution in [1.82, 2.24) is 0 Å². The van der Waals surface area contributed by atoms with Crippen molar-refractivity contribution in [3.05, 3.63) is 54.4 Å². The highest BCUT2D eigenvalue weighted by atomic mass is 16.3. The Hall–Kier alpha value is -2.23. The first-order chi connectivity index (χ1) is 7.27. The van der Waals surface area contributed by atoms with Crippen molar-refractivity contribution >= 4 is 11.4 Å². The molecule has 4 heteroatoms. The van der Waals surface area contributed by atoms with Crippen LogP contribution in [0.25, 0.3) is 5.70 Å². The van der Waals surface area contributed by atoms with Crippen LogP contribution in [0.5, 0.6) is 0 Å². The smallest absolute Gasteiger partial charge is 0.151 e. The van der Waals surface area contributed by atoms with Crippen LogP contribution >= 0.6 is 0 Å². The molecule has 2 aromatic heterocycles. The zero-order valence-corrected chi connectivity index (χ0v) is 7.94. The van der Waals surface area contributed by atoms with E-state index in [1.54, 1.807) is 24.3 Å².